The number of hydrogen-bond donors (Lipinski definition) is 3. The molecule has 2 aromatic rings. The molecule has 0 saturated heterocycles. The molecule has 2 rings (SSSR count). The predicted molar refractivity (Wildman–Crippen MR) is 106 cm³/mol. The van der Waals surface area contributed by atoms with Gasteiger partial charge < -0.3 is 24.6 Å². The summed E-state index contributed by atoms with van der Waals surface area (Å²) in [5.74, 6) is 0.00261. The zero-order chi connectivity index (χ0) is 19.8. The fraction of sp³-hybridized carbons (Fsp3) is 0.167. The van der Waals surface area contributed by atoms with Crippen LogP contribution in [0.4, 0.5) is 5.69 Å². The Hall–Kier alpha value is -3.33. The minimum atomic E-state index is -1.16. The SMILES string of the molecule is COc1ccc(NC(=S)N/N=C\c2ccc(OC)c(OC)c2C(=O)O)cc1. The van der Waals surface area contributed by atoms with E-state index in [1.807, 2.05) is 0 Å². The average Bonchev–Trinajstić information content (AvgIpc) is 2.67. The van der Waals surface area contributed by atoms with Crippen molar-refractivity contribution in [2.45, 2.75) is 0 Å². The number of carboxylic acids is 1. The summed E-state index contributed by atoms with van der Waals surface area (Å²) < 4.78 is 15.4. The summed E-state index contributed by atoms with van der Waals surface area (Å²) in [6.45, 7) is 0. The van der Waals surface area contributed by atoms with Gasteiger partial charge in [-0.1, -0.05) is 0 Å². The van der Waals surface area contributed by atoms with Crippen LogP contribution in [-0.4, -0.2) is 43.7 Å². The zero-order valence-electron chi connectivity index (χ0n) is 15.0. The molecule has 0 unspecified atom stereocenters. The molecule has 0 spiro atoms. The number of carbonyl (C=O) groups is 1. The minimum Gasteiger partial charge on any atom is -0.497 e. The van der Waals surface area contributed by atoms with Crippen LogP contribution in [0.2, 0.25) is 0 Å². The molecule has 0 atom stereocenters. The second-order valence-electron chi connectivity index (χ2n) is 5.12. The number of hydrogen-bond acceptors (Lipinski definition) is 6. The van der Waals surface area contributed by atoms with Gasteiger partial charge in [0, 0.05) is 11.3 Å². The Labute approximate surface area is 161 Å². The van der Waals surface area contributed by atoms with Crippen molar-refractivity contribution >= 4 is 35.2 Å². The van der Waals surface area contributed by atoms with Crippen molar-refractivity contribution in [3.63, 3.8) is 0 Å². The summed E-state index contributed by atoms with van der Waals surface area (Å²) in [6, 6.07) is 10.3. The van der Waals surface area contributed by atoms with Crippen molar-refractivity contribution in [1.29, 1.82) is 0 Å². The Morgan fingerprint density at radius 3 is 2.33 bits per heavy atom. The van der Waals surface area contributed by atoms with Crippen LogP contribution in [0.3, 0.4) is 0 Å². The largest absolute Gasteiger partial charge is 0.497 e. The number of thiocarbonyl (C=S) groups is 1. The molecule has 0 aliphatic carbocycles. The van der Waals surface area contributed by atoms with Gasteiger partial charge in [-0.05, 0) is 48.6 Å². The molecule has 0 aliphatic rings. The van der Waals surface area contributed by atoms with Crippen molar-refractivity contribution in [1.82, 2.24) is 5.43 Å². The molecule has 0 amide bonds. The molecule has 9 heteroatoms. The van der Waals surface area contributed by atoms with Crippen LogP contribution >= 0.6 is 12.2 Å². The first-order valence-corrected chi connectivity index (χ1v) is 8.13. The Bertz CT molecular complexity index is 853. The highest BCUT2D eigenvalue weighted by molar-refractivity contribution is 7.80. The van der Waals surface area contributed by atoms with Gasteiger partial charge in [0.25, 0.3) is 0 Å². The highest BCUT2D eigenvalue weighted by Gasteiger charge is 2.20. The Kier molecular flexibility index (Phi) is 6.95. The van der Waals surface area contributed by atoms with Gasteiger partial charge in [0.05, 0.1) is 27.5 Å². The highest BCUT2D eigenvalue weighted by atomic mass is 32.1. The number of hydrazone groups is 1. The van der Waals surface area contributed by atoms with Crippen LogP contribution < -0.4 is 25.0 Å². The summed E-state index contributed by atoms with van der Waals surface area (Å²) >= 11 is 5.16. The Morgan fingerprint density at radius 1 is 1.07 bits per heavy atom. The molecule has 142 valence electrons. The monoisotopic (exact) mass is 389 g/mol. The lowest BCUT2D eigenvalue weighted by atomic mass is 10.1. The van der Waals surface area contributed by atoms with Gasteiger partial charge in [0.2, 0.25) is 0 Å². The maximum atomic E-state index is 11.6. The molecule has 8 nitrogen and oxygen atoms in total. The van der Waals surface area contributed by atoms with Crippen molar-refractivity contribution < 1.29 is 24.1 Å². The number of benzene rings is 2. The second-order valence-corrected chi connectivity index (χ2v) is 5.53. The van der Waals surface area contributed by atoms with Gasteiger partial charge in [0.15, 0.2) is 16.6 Å². The first-order chi connectivity index (χ1) is 13.0. The summed E-state index contributed by atoms with van der Waals surface area (Å²) in [5, 5.41) is 16.7. The van der Waals surface area contributed by atoms with E-state index in [1.54, 1.807) is 43.5 Å². The first kappa shape index (κ1) is 20.0. The van der Waals surface area contributed by atoms with Crippen molar-refractivity contribution in [2.24, 2.45) is 5.10 Å². The third-order valence-electron chi connectivity index (χ3n) is 3.51. The quantitative estimate of drug-likeness (QED) is 0.377. The van der Waals surface area contributed by atoms with Crippen LogP contribution in [0.5, 0.6) is 17.2 Å². The van der Waals surface area contributed by atoms with Crippen LogP contribution in [0.25, 0.3) is 0 Å². The fourth-order valence-corrected chi connectivity index (χ4v) is 2.43. The second kappa shape index (κ2) is 9.39. The average molecular weight is 389 g/mol. The number of ether oxygens (including phenoxy) is 3. The van der Waals surface area contributed by atoms with Crippen molar-refractivity contribution in [3.05, 3.63) is 47.5 Å². The van der Waals surface area contributed by atoms with Crippen molar-refractivity contribution in [2.75, 3.05) is 26.6 Å². The van der Waals surface area contributed by atoms with Gasteiger partial charge in [-0.25, -0.2) is 4.79 Å². The van der Waals surface area contributed by atoms with Crippen LogP contribution in [0, 0.1) is 0 Å². The van der Waals surface area contributed by atoms with Crippen LogP contribution in [-0.2, 0) is 0 Å². The topological polar surface area (TPSA) is 101 Å². The number of aromatic carboxylic acids is 1. The number of rotatable bonds is 7. The molecular weight excluding hydrogens is 370 g/mol. The van der Waals surface area contributed by atoms with Gasteiger partial charge in [0.1, 0.15) is 11.3 Å². The smallest absolute Gasteiger partial charge is 0.340 e. The standard InChI is InChI=1S/C18H19N3O5S/c1-24-13-7-5-12(6-8-13)20-18(27)21-19-10-11-4-9-14(25-2)16(26-3)15(11)17(22)23/h4-10H,1-3H3,(H,22,23)(H2,20,21,27)/b19-10-. The summed E-state index contributed by atoms with van der Waals surface area (Å²) in [6.07, 6.45) is 1.34. The summed E-state index contributed by atoms with van der Waals surface area (Å²) in [7, 11) is 4.39. The molecule has 0 saturated carbocycles. The third kappa shape index (κ3) is 5.08. The van der Waals surface area contributed by atoms with Crippen molar-refractivity contribution in [3.8, 4) is 17.2 Å². The number of carboxylic acid groups (broad SMARTS) is 1. The molecule has 27 heavy (non-hydrogen) atoms. The summed E-state index contributed by atoms with van der Waals surface area (Å²) in [5.41, 5.74) is 3.66. The van der Waals surface area contributed by atoms with E-state index in [0.717, 1.165) is 11.4 Å². The molecule has 3 N–H and O–H groups in total. The molecule has 0 bridgehead atoms. The lowest BCUT2D eigenvalue weighted by molar-refractivity contribution is 0.0692. The van der Waals surface area contributed by atoms with E-state index in [1.165, 1.54) is 20.4 Å². The molecule has 0 aromatic heterocycles. The van der Waals surface area contributed by atoms with E-state index in [9.17, 15) is 9.90 Å². The van der Waals surface area contributed by atoms with Gasteiger partial charge in [-0.2, -0.15) is 5.10 Å². The number of anilines is 1. The fourth-order valence-electron chi connectivity index (χ4n) is 2.26. The number of methoxy groups -OCH3 is 3. The lowest BCUT2D eigenvalue weighted by Crippen LogP contribution is -2.24. The van der Waals surface area contributed by atoms with Gasteiger partial charge in [-0.15, -0.1) is 0 Å². The van der Waals surface area contributed by atoms with E-state index >= 15 is 0 Å². The van der Waals surface area contributed by atoms with Crippen LogP contribution in [0.1, 0.15) is 15.9 Å². The first-order valence-electron chi connectivity index (χ1n) is 7.72. The van der Waals surface area contributed by atoms with E-state index in [-0.39, 0.29) is 16.4 Å². The predicted octanol–water partition coefficient (Wildman–Crippen LogP) is 2.73. The zero-order valence-corrected chi connectivity index (χ0v) is 15.8. The molecule has 2 aromatic carbocycles. The maximum absolute atomic E-state index is 11.6. The Morgan fingerprint density at radius 2 is 1.78 bits per heavy atom. The number of nitrogens with zero attached hydrogens (tertiary/aromatic N) is 1. The molecular formula is C18H19N3O5S. The van der Waals surface area contributed by atoms with E-state index < -0.39 is 5.97 Å². The van der Waals surface area contributed by atoms with Crippen LogP contribution in [0.15, 0.2) is 41.5 Å². The Balaban J connectivity index is 2.10. The molecule has 0 fully saturated rings. The van der Waals surface area contributed by atoms with E-state index in [4.69, 9.17) is 26.4 Å². The maximum Gasteiger partial charge on any atom is 0.340 e. The molecule has 0 aliphatic heterocycles. The number of nitrogens with one attached hydrogen (secondary N) is 2. The van der Waals surface area contributed by atoms with Gasteiger partial charge >= 0.3 is 5.97 Å². The minimum absolute atomic E-state index is 0.0589. The normalized spacial score (nSPS) is 10.3. The lowest BCUT2D eigenvalue weighted by Gasteiger charge is -2.12. The molecule has 0 radical (unpaired) electrons. The van der Waals surface area contributed by atoms with E-state index in [2.05, 4.69) is 15.8 Å². The third-order valence-corrected chi connectivity index (χ3v) is 3.70. The molecule has 0 heterocycles. The van der Waals surface area contributed by atoms with E-state index in [0.29, 0.717) is 11.3 Å². The van der Waals surface area contributed by atoms with Gasteiger partial charge in [-0.3, -0.25) is 5.43 Å². The highest BCUT2D eigenvalue weighted by Crippen LogP contribution is 2.32. The summed E-state index contributed by atoms with van der Waals surface area (Å²) in [4.78, 5) is 11.6.